The Morgan fingerprint density at radius 3 is 2.90 bits per heavy atom. The van der Waals surface area contributed by atoms with Crippen molar-refractivity contribution in [3.8, 4) is 5.69 Å². The van der Waals surface area contributed by atoms with Crippen LogP contribution in [0.15, 0.2) is 30.3 Å². The van der Waals surface area contributed by atoms with E-state index in [1.807, 2.05) is 37.3 Å². The second-order valence-corrected chi connectivity index (χ2v) is 5.29. The Kier molecular flexibility index (Phi) is 3.96. The fourth-order valence-corrected chi connectivity index (χ4v) is 2.58. The molecule has 0 aliphatic carbocycles. The molecule has 0 radical (unpaired) electrons. The van der Waals surface area contributed by atoms with E-state index in [0.717, 1.165) is 37.3 Å². The topological polar surface area (TPSA) is 71.8 Å². The number of hydrogen-bond donors (Lipinski definition) is 2. The van der Waals surface area contributed by atoms with Gasteiger partial charge in [0.1, 0.15) is 0 Å². The molecular formula is C15H19N5O. The van der Waals surface area contributed by atoms with Gasteiger partial charge in [0.15, 0.2) is 5.69 Å². The lowest BCUT2D eigenvalue weighted by Gasteiger charge is -2.23. The predicted molar refractivity (Wildman–Crippen MR) is 79.5 cm³/mol. The molecule has 2 aromatic rings. The first-order valence-corrected chi connectivity index (χ1v) is 7.25. The second kappa shape index (κ2) is 6.05. The van der Waals surface area contributed by atoms with Crippen molar-refractivity contribution >= 4 is 5.91 Å². The number of nitrogens with one attached hydrogen (secondary N) is 2. The van der Waals surface area contributed by atoms with Gasteiger partial charge >= 0.3 is 0 Å². The molecule has 3 rings (SSSR count). The van der Waals surface area contributed by atoms with Crippen LogP contribution in [-0.2, 0) is 0 Å². The van der Waals surface area contributed by atoms with Crippen LogP contribution in [0.2, 0.25) is 0 Å². The summed E-state index contributed by atoms with van der Waals surface area (Å²) >= 11 is 0. The monoisotopic (exact) mass is 285 g/mol. The summed E-state index contributed by atoms with van der Waals surface area (Å²) in [6.07, 6.45) is 2.09. The van der Waals surface area contributed by atoms with Gasteiger partial charge in [-0.05, 0) is 38.4 Å². The average molecular weight is 285 g/mol. The molecule has 0 unspecified atom stereocenters. The number of piperidine rings is 1. The minimum Gasteiger partial charge on any atom is -0.347 e. The number of carbonyl (C=O) groups is 1. The van der Waals surface area contributed by atoms with Crippen molar-refractivity contribution in [3.63, 3.8) is 0 Å². The van der Waals surface area contributed by atoms with Crippen LogP contribution in [0.1, 0.15) is 29.0 Å². The molecule has 6 nitrogen and oxygen atoms in total. The van der Waals surface area contributed by atoms with Gasteiger partial charge in [-0.2, -0.15) is 0 Å². The lowest BCUT2D eigenvalue weighted by molar-refractivity contribution is 0.0925. The van der Waals surface area contributed by atoms with Gasteiger partial charge in [0.2, 0.25) is 0 Å². The van der Waals surface area contributed by atoms with Crippen molar-refractivity contribution in [1.82, 2.24) is 25.6 Å². The Bertz CT molecular complexity index is 616. The van der Waals surface area contributed by atoms with E-state index in [4.69, 9.17) is 0 Å². The molecule has 6 heteroatoms. The third-order valence-corrected chi connectivity index (χ3v) is 3.74. The number of nitrogens with zero attached hydrogens (tertiary/aromatic N) is 3. The molecule has 1 atom stereocenters. The normalized spacial score (nSPS) is 18.4. The SMILES string of the molecule is Cc1c(C(=O)N[C@H]2CCCNC2)nnn1-c1ccccc1. The molecule has 1 amide bonds. The maximum atomic E-state index is 12.3. The second-order valence-electron chi connectivity index (χ2n) is 5.29. The summed E-state index contributed by atoms with van der Waals surface area (Å²) < 4.78 is 1.69. The van der Waals surface area contributed by atoms with Crippen LogP contribution in [0.3, 0.4) is 0 Å². The number of hydrogen-bond acceptors (Lipinski definition) is 4. The highest BCUT2D eigenvalue weighted by atomic mass is 16.2. The van der Waals surface area contributed by atoms with E-state index in [9.17, 15) is 4.79 Å². The van der Waals surface area contributed by atoms with Gasteiger partial charge in [0.25, 0.3) is 5.91 Å². The molecule has 1 fully saturated rings. The summed E-state index contributed by atoms with van der Waals surface area (Å²) in [5.41, 5.74) is 2.05. The Morgan fingerprint density at radius 2 is 2.19 bits per heavy atom. The first kappa shape index (κ1) is 13.8. The predicted octanol–water partition coefficient (Wildman–Crippen LogP) is 1.06. The minimum atomic E-state index is -0.150. The Morgan fingerprint density at radius 1 is 1.38 bits per heavy atom. The van der Waals surface area contributed by atoms with E-state index >= 15 is 0 Å². The summed E-state index contributed by atoms with van der Waals surface area (Å²) in [5, 5.41) is 14.4. The number of rotatable bonds is 3. The zero-order chi connectivity index (χ0) is 14.7. The van der Waals surface area contributed by atoms with Crippen LogP contribution in [0, 0.1) is 6.92 Å². The van der Waals surface area contributed by atoms with Gasteiger partial charge in [-0.15, -0.1) is 5.10 Å². The maximum Gasteiger partial charge on any atom is 0.274 e. The van der Waals surface area contributed by atoms with Gasteiger partial charge in [-0.25, -0.2) is 4.68 Å². The standard InChI is InChI=1S/C15H19N5O/c1-11-14(15(21)17-12-6-5-9-16-10-12)18-19-20(11)13-7-3-2-4-8-13/h2-4,7-8,12,16H,5-6,9-10H2,1H3,(H,17,21)/t12-/m0/s1. The Hall–Kier alpha value is -2.21. The average Bonchev–Trinajstić information content (AvgIpc) is 2.91. The highest BCUT2D eigenvalue weighted by Gasteiger charge is 2.21. The van der Waals surface area contributed by atoms with Crippen molar-refractivity contribution in [2.45, 2.75) is 25.8 Å². The number of carbonyl (C=O) groups excluding carboxylic acids is 1. The van der Waals surface area contributed by atoms with Gasteiger partial charge in [-0.3, -0.25) is 4.79 Å². The minimum absolute atomic E-state index is 0.150. The molecular weight excluding hydrogens is 266 g/mol. The summed E-state index contributed by atoms with van der Waals surface area (Å²) in [7, 11) is 0. The molecule has 1 aromatic carbocycles. The molecule has 2 N–H and O–H groups in total. The fraction of sp³-hybridized carbons (Fsp3) is 0.400. The van der Waals surface area contributed by atoms with E-state index in [1.54, 1.807) is 4.68 Å². The van der Waals surface area contributed by atoms with Crippen LogP contribution in [-0.4, -0.2) is 40.0 Å². The van der Waals surface area contributed by atoms with Crippen LogP contribution in [0.4, 0.5) is 0 Å². The van der Waals surface area contributed by atoms with Crippen molar-refractivity contribution in [3.05, 3.63) is 41.7 Å². The molecule has 0 bridgehead atoms. The molecule has 21 heavy (non-hydrogen) atoms. The number of benzene rings is 1. The molecule has 1 aliphatic heterocycles. The van der Waals surface area contributed by atoms with E-state index < -0.39 is 0 Å². The Balaban J connectivity index is 1.77. The lowest BCUT2D eigenvalue weighted by Crippen LogP contribution is -2.45. The first-order valence-electron chi connectivity index (χ1n) is 7.25. The van der Waals surface area contributed by atoms with E-state index in [-0.39, 0.29) is 11.9 Å². The van der Waals surface area contributed by atoms with Crippen LogP contribution < -0.4 is 10.6 Å². The quantitative estimate of drug-likeness (QED) is 0.884. The third kappa shape index (κ3) is 2.95. The molecule has 1 aromatic heterocycles. The molecule has 110 valence electrons. The van der Waals surface area contributed by atoms with Gasteiger partial charge < -0.3 is 10.6 Å². The van der Waals surface area contributed by atoms with Crippen molar-refractivity contribution < 1.29 is 4.79 Å². The van der Waals surface area contributed by atoms with Crippen molar-refractivity contribution in [2.24, 2.45) is 0 Å². The summed E-state index contributed by atoms with van der Waals surface area (Å²) in [5.74, 6) is -0.150. The summed E-state index contributed by atoms with van der Waals surface area (Å²) in [6.45, 7) is 3.70. The fourth-order valence-electron chi connectivity index (χ4n) is 2.58. The van der Waals surface area contributed by atoms with Crippen molar-refractivity contribution in [1.29, 1.82) is 0 Å². The summed E-state index contributed by atoms with van der Waals surface area (Å²) in [4.78, 5) is 12.3. The molecule has 0 spiro atoms. The van der Waals surface area contributed by atoms with Gasteiger partial charge in [0.05, 0.1) is 11.4 Å². The van der Waals surface area contributed by atoms with E-state index in [2.05, 4.69) is 20.9 Å². The molecule has 1 saturated heterocycles. The first-order chi connectivity index (χ1) is 10.3. The smallest absolute Gasteiger partial charge is 0.274 e. The molecule has 1 aliphatic rings. The number of amides is 1. The maximum absolute atomic E-state index is 12.3. The molecule has 0 saturated carbocycles. The highest BCUT2D eigenvalue weighted by Crippen LogP contribution is 2.12. The highest BCUT2D eigenvalue weighted by molar-refractivity contribution is 5.93. The largest absolute Gasteiger partial charge is 0.347 e. The van der Waals surface area contributed by atoms with Gasteiger partial charge in [0, 0.05) is 12.6 Å². The zero-order valence-corrected chi connectivity index (χ0v) is 12.0. The lowest BCUT2D eigenvalue weighted by atomic mass is 10.1. The van der Waals surface area contributed by atoms with E-state index in [0.29, 0.717) is 5.69 Å². The van der Waals surface area contributed by atoms with E-state index in [1.165, 1.54) is 0 Å². The van der Waals surface area contributed by atoms with Gasteiger partial charge in [-0.1, -0.05) is 23.4 Å². The Labute approximate surface area is 123 Å². The third-order valence-electron chi connectivity index (χ3n) is 3.74. The summed E-state index contributed by atoms with van der Waals surface area (Å²) in [6, 6.07) is 9.86. The number of aromatic nitrogens is 3. The zero-order valence-electron chi connectivity index (χ0n) is 12.0. The van der Waals surface area contributed by atoms with Crippen molar-refractivity contribution in [2.75, 3.05) is 13.1 Å². The van der Waals surface area contributed by atoms with Crippen LogP contribution in [0.5, 0.6) is 0 Å². The molecule has 2 heterocycles. The number of para-hydroxylation sites is 1. The van der Waals surface area contributed by atoms with Crippen LogP contribution >= 0.6 is 0 Å². The van der Waals surface area contributed by atoms with Crippen LogP contribution in [0.25, 0.3) is 5.69 Å².